The first kappa shape index (κ1) is 10.8. The average molecular weight is 218 g/mol. The summed E-state index contributed by atoms with van der Waals surface area (Å²) in [5.74, 6) is -2.90. The van der Waals surface area contributed by atoms with Crippen LogP contribution in [0, 0.1) is 0 Å². The molecule has 86 valence electrons. The van der Waals surface area contributed by atoms with Gasteiger partial charge in [0.15, 0.2) is 0 Å². The van der Waals surface area contributed by atoms with E-state index in [0.717, 1.165) is 19.3 Å². The van der Waals surface area contributed by atoms with Gasteiger partial charge in [-0.2, -0.15) is 0 Å². The van der Waals surface area contributed by atoms with Crippen molar-refractivity contribution in [3.05, 3.63) is 0 Å². The highest BCUT2D eigenvalue weighted by Crippen LogP contribution is 2.28. The molecule has 1 atom stereocenters. The van der Waals surface area contributed by atoms with E-state index < -0.39 is 12.0 Å². The molecule has 0 aromatic carbocycles. The van der Waals surface area contributed by atoms with E-state index >= 15 is 0 Å². The number of halogens is 2. The number of carbonyl (C=O) groups is 1. The summed E-state index contributed by atoms with van der Waals surface area (Å²) in [5, 5.41) is 2.59. The number of nitrogens with one attached hydrogen (secondary N) is 1. The first-order chi connectivity index (χ1) is 6.99. The molecule has 0 aromatic rings. The van der Waals surface area contributed by atoms with Gasteiger partial charge in [-0.25, -0.2) is 8.78 Å². The number of alkyl halides is 2. The highest BCUT2D eigenvalue weighted by atomic mass is 19.3. The van der Waals surface area contributed by atoms with Crippen LogP contribution in [-0.4, -0.2) is 42.4 Å². The second kappa shape index (κ2) is 3.70. The van der Waals surface area contributed by atoms with E-state index in [1.165, 1.54) is 0 Å². The summed E-state index contributed by atoms with van der Waals surface area (Å²) in [7, 11) is 1.71. The molecule has 1 amide bonds. The lowest BCUT2D eigenvalue weighted by Crippen LogP contribution is -2.48. The Bertz CT molecular complexity index is 266. The molecule has 15 heavy (non-hydrogen) atoms. The third kappa shape index (κ3) is 2.12. The van der Waals surface area contributed by atoms with Gasteiger partial charge in [-0.1, -0.05) is 0 Å². The van der Waals surface area contributed by atoms with Gasteiger partial charge in [0.05, 0.1) is 12.6 Å². The Labute approximate surface area is 87.8 Å². The minimum atomic E-state index is -2.72. The summed E-state index contributed by atoms with van der Waals surface area (Å²) in [4.78, 5) is 13.4. The molecule has 1 saturated heterocycles. The van der Waals surface area contributed by atoms with Crippen LogP contribution in [0.25, 0.3) is 0 Å². The van der Waals surface area contributed by atoms with E-state index in [2.05, 4.69) is 5.32 Å². The molecule has 1 N–H and O–H groups in total. The molecule has 0 spiro atoms. The zero-order chi connectivity index (χ0) is 11.1. The molecule has 0 radical (unpaired) electrons. The molecule has 2 fully saturated rings. The molecule has 2 aliphatic rings. The summed E-state index contributed by atoms with van der Waals surface area (Å²) in [5.41, 5.74) is 0. The van der Waals surface area contributed by atoms with Crippen LogP contribution in [-0.2, 0) is 4.79 Å². The van der Waals surface area contributed by atoms with Crippen molar-refractivity contribution >= 4 is 5.91 Å². The van der Waals surface area contributed by atoms with Crippen molar-refractivity contribution in [3.63, 3.8) is 0 Å². The van der Waals surface area contributed by atoms with Gasteiger partial charge in [0.1, 0.15) is 0 Å². The second-order valence-electron chi connectivity index (χ2n) is 4.53. The zero-order valence-electron chi connectivity index (χ0n) is 8.80. The first-order valence-electron chi connectivity index (χ1n) is 5.37. The maximum absolute atomic E-state index is 12.9. The highest BCUT2D eigenvalue weighted by molar-refractivity contribution is 5.82. The molecule has 1 aliphatic heterocycles. The third-order valence-corrected chi connectivity index (χ3v) is 3.38. The van der Waals surface area contributed by atoms with Gasteiger partial charge in [-0.05, 0) is 19.3 Å². The lowest BCUT2D eigenvalue weighted by molar-refractivity contribution is -0.136. The Kier molecular flexibility index (Phi) is 2.66. The van der Waals surface area contributed by atoms with Crippen molar-refractivity contribution in [2.75, 3.05) is 13.6 Å². The zero-order valence-corrected chi connectivity index (χ0v) is 8.80. The van der Waals surface area contributed by atoms with Crippen LogP contribution in [0.2, 0.25) is 0 Å². The predicted molar refractivity (Wildman–Crippen MR) is 51.8 cm³/mol. The van der Waals surface area contributed by atoms with Crippen LogP contribution in [0.1, 0.15) is 25.7 Å². The standard InChI is InChI=1S/C10H16F2N2O/c1-14(7-3-2-4-7)9(15)8-5-10(11,12)6-13-8/h7-8,13H,2-6H2,1H3. The van der Waals surface area contributed by atoms with Crippen LogP contribution in [0.4, 0.5) is 8.78 Å². The summed E-state index contributed by atoms with van der Waals surface area (Å²) in [6.07, 6.45) is 2.79. The van der Waals surface area contributed by atoms with E-state index in [0.29, 0.717) is 0 Å². The Morgan fingerprint density at radius 1 is 1.47 bits per heavy atom. The third-order valence-electron chi connectivity index (χ3n) is 3.38. The van der Waals surface area contributed by atoms with E-state index in [4.69, 9.17) is 0 Å². The fourth-order valence-electron chi connectivity index (χ4n) is 2.09. The lowest BCUT2D eigenvalue weighted by Gasteiger charge is -2.36. The van der Waals surface area contributed by atoms with Crippen LogP contribution < -0.4 is 5.32 Å². The van der Waals surface area contributed by atoms with E-state index in [-0.39, 0.29) is 24.9 Å². The number of rotatable bonds is 2. The van der Waals surface area contributed by atoms with Gasteiger partial charge in [-0.3, -0.25) is 10.1 Å². The second-order valence-corrected chi connectivity index (χ2v) is 4.53. The Morgan fingerprint density at radius 2 is 2.13 bits per heavy atom. The van der Waals surface area contributed by atoms with Gasteiger partial charge in [0.25, 0.3) is 5.92 Å². The average Bonchev–Trinajstić information content (AvgIpc) is 2.41. The minimum Gasteiger partial charge on any atom is -0.341 e. The molecule has 3 nitrogen and oxygen atoms in total. The van der Waals surface area contributed by atoms with Crippen molar-refractivity contribution in [3.8, 4) is 0 Å². The molecule has 1 heterocycles. The number of hydrogen-bond donors (Lipinski definition) is 1. The Hall–Kier alpha value is -0.710. The van der Waals surface area contributed by atoms with Gasteiger partial charge in [0.2, 0.25) is 5.91 Å². The molecule has 1 unspecified atom stereocenters. The van der Waals surface area contributed by atoms with Crippen LogP contribution in [0.3, 0.4) is 0 Å². The lowest BCUT2D eigenvalue weighted by atomic mass is 9.91. The van der Waals surface area contributed by atoms with Gasteiger partial charge >= 0.3 is 0 Å². The molecular formula is C10H16F2N2O. The molecule has 1 saturated carbocycles. The number of likely N-dealkylation sites (N-methyl/N-ethyl adjacent to an activating group) is 1. The number of nitrogens with zero attached hydrogens (tertiary/aromatic N) is 1. The van der Waals surface area contributed by atoms with Crippen molar-refractivity contribution < 1.29 is 13.6 Å². The summed E-state index contributed by atoms with van der Waals surface area (Å²) >= 11 is 0. The Morgan fingerprint density at radius 3 is 2.53 bits per heavy atom. The fraction of sp³-hybridized carbons (Fsp3) is 0.900. The maximum Gasteiger partial charge on any atom is 0.262 e. The molecule has 0 aromatic heterocycles. The number of amides is 1. The first-order valence-corrected chi connectivity index (χ1v) is 5.37. The monoisotopic (exact) mass is 218 g/mol. The molecule has 5 heteroatoms. The normalized spacial score (nSPS) is 29.9. The van der Waals surface area contributed by atoms with Crippen LogP contribution >= 0.6 is 0 Å². The van der Waals surface area contributed by atoms with Gasteiger partial charge < -0.3 is 4.90 Å². The SMILES string of the molecule is CN(C(=O)C1CC(F)(F)CN1)C1CCC1. The van der Waals surface area contributed by atoms with Crippen molar-refractivity contribution in [2.24, 2.45) is 0 Å². The molecule has 0 bridgehead atoms. The van der Waals surface area contributed by atoms with Crippen molar-refractivity contribution in [1.29, 1.82) is 0 Å². The van der Waals surface area contributed by atoms with E-state index in [1.807, 2.05) is 0 Å². The number of carbonyl (C=O) groups excluding carboxylic acids is 1. The van der Waals surface area contributed by atoms with Gasteiger partial charge in [0, 0.05) is 19.5 Å². The summed E-state index contributed by atoms with van der Waals surface area (Å²) in [6, 6.07) is -0.417. The van der Waals surface area contributed by atoms with Gasteiger partial charge in [-0.15, -0.1) is 0 Å². The Balaban J connectivity index is 1.90. The van der Waals surface area contributed by atoms with E-state index in [9.17, 15) is 13.6 Å². The predicted octanol–water partition coefficient (Wildman–Crippen LogP) is 0.994. The maximum atomic E-state index is 12.9. The van der Waals surface area contributed by atoms with E-state index in [1.54, 1.807) is 11.9 Å². The number of hydrogen-bond acceptors (Lipinski definition) is 2. The van der Waals surface area contributed by atoms with Crippen LogP contribution in [0.15, 0.2) is 0 Å². The smallest absolute Gasteiger partial charge is 0.262 e. The summed E-state index contributed by atoms with van der Waals surface area (Å²) < 4.78 is 25.8. The van der Waals surface area contributed by atoms with Crippen molar-refractivity contribution in [1.82, 2.24) is 10.2 Å². The molecule has 1 aliphatic carbocycles. The fourth-order valence-corrected chi connectivity index (χ4v) is 2.09. The quantitative estimate of drug-likeness (QED) is 0.749. The highest BCUT2D eigenvalue weighted by Gasteiger charge is 2.44. The molecular weight excluding hydrogens is 202 g/mol. The van der Waals surface area contributed by atoms with Crippen molar-refractivity contribution in [2.45, 2.75) is 43.7 Å². The largest absolute Gasteiger partial charge is 0.341 e. The molecule has 2 rings (SSSR count). The van der Waals surface area contributed by atoms with Crippen LogP contribution in [0.5, 0.6) is 0 Å². The summed E-state index contributed by atoms with van der Waals surface area (Å²) in [6.45, 7) is -0.373. The topological polar surface area (TPSA) is 32.3 Å². The minimum absolute atomic E-state index is 0.183.